The lowest BCUT2D eigenvalue weighted by molar-refractivity contribution is -0.128. The van der Waals surface area contributed by atoms with Gasteiger partial charge in [0.2, 0.25) is 15.9 Å². The molecule has 2 rings (SSSR count). The molecule has 1 aromatic rings. The number of hydrogen-bond acceptors (Lipinski definition) is 5. The molecular weight excluding hydrogens is 318 g/mol. The van der Waals surface area contributed by atoms with E-state index in [1.54, 1.807) is 18.7 Å². The van der Waals surface area contributed by atoms with Crippen molar-refractivity contribution >= 4 is 27.5 Å². The highest BCUT2D eigenvalue weighted by molar-refractivity contribution is 7.89. The summed E-state index contributed by atoms with van der Waals surface area (Å²) in [4.78, 5) is 13.3. The van der Waals surface area contributed by atoms with Crippen LogP contribution in [0.1, 0.15) is 17.9 Å². The molecule has 0 aliphatic carbocycles. The Morgan fingerprint density at radius 2 is 2.00 bits per heavy atom. The van der Waals surface area contributed by atoms with E-state index in [1.165, 1.54) is 4.31 Å². The number of carbonyl (C=O) groups is 1. The number of sulfonamides is 1. The highest BCUT2D eigenvalue weighted by Gasteiger charge is 2.32. The van der Waals surface area contributed by atoms with E-state index in [9.17, 15) is 13.2 Å². The second-order valence-corrected chi connectivity index (χ2v) is 7.07. The minimum Gasteiger partial charge on any atom is -0.360 e. The maximum Gasteiger partial charge on any atom is 0.248 e. The van der Waals surface area contributed by atoms with Gasteiger partial charge in [0.1, 0.15) is 16.5 Å². The molecule has 0 unspecified atom stereocenters. The Morgan fingerprint density at radius 3 is 2.57 bits per heavy atom. The molecule has 0 bridgehead atoms. The fourth-order valence-electron chi connectivity index (χ4n) is 2.44. The zero-order chi connectivity index (χ0) is 15.6. The molecule has 1 amide bonds. The lowest BCUT2D eigenvalue weighted by Gasteiger charge is -2.21. The first-order valence-electron chi connectivity index (χ1n) is 6.64. The zero-order valence-electron chi connectivity index (χ0n) is 12.0. The standard InChI is InChI=1S/C12H18ClN3O4S/c1-9-12(10(2)20-14-9)21(18,19)16-5-3-4-15(6-7-16)11(17)8-13/h3-8H2,1-2H3. The molecule has 2 heterocycles. The van der Waals surface area contributed by atoms with Crippen LogP contribution in [0.2, 0.25) is 0 Å². The molecule has 1 aromatic heterocycles. The highest BCUT2D eigenvalue weighted by Crippen LogP contribution is 2.24. The van der Waals surface area contributed by atoms with Crippen LogP contribution in [0, 0.1) is 13.8 Å². The first-order valence-corrected chi connectivity index (χ1v) is 8.62. The van der Waals surface area contributed by atoms with Gasteiger partial charge in [-0.2, -0.15) is 4.31 Å². The molecule has 7 nitrogen and oxygen atoms in total. The summed E-state index contributed by atoms with van der Waals surface area (Å²) in [5, 5.41) is 3.69. The van der Waals surface area contributed by atoms with Crippen LogP contribution < -0.4 is 0 Å². The maximum atomic E-state index is 12.7. The fourth-order valence-corrected chi connectivity index (χ4v) is 4.37. The van der Waals surface area contributed by atoms with Crippen LogP contribution in [0.15, 0.2) is 9.42 Å². The number of halogens is 1. The minimum atomic E-state index is -3.65. The molecule has 1 aliphatic rings. The largest absolute Gasteiger partial charge is 0.360 e. The predicted molar refractivity (Wildman–Crippen MR) is 76.7 cm³/mol. The number of aryl methyl sites for hydroxylation is 2. The Hall–Kier alpha value is -1.12. The van der Waals surface area contributed by atoms with Crippen LogP contribution in [0.5, 0.6) is 0 Å². The minimum absolute atomic E-state index is 0.0867. The van der Waals surface area contributed by atoms with Crippen molar-refractivity contribution in [2.75, 3.05) is 32.1 Å². The number of rotatable bonds is 3. The average molecular weight is 336 g/mol. The van der Waals surface area contributed by atoms with Gasteiger partial charge in [0.25, 0.3) is 0 Å². The lowest BCUT2D eigenvalue weighted by Crippen LogP contribution is -2.38. The molecule has 0 saturated carbocycles. The fraction of sp³-hybridized carbons (Fsp3) is 0.667. The van der Waals surface area contributed by atoms with Gasteiger partial charge in [-0.05, 0) is 20.3 Å². The maximum absolute atomic E-state index is 12.7. The van der Waals surface area contributed by atoms with E-state index in [0.29, 0.717) is 31.7 Å². The van der Waals surface area contributed by atoms with E-state index in [0.717, 1.165) is 0 Å². The number of alkyl halides is 1. The smallest absolute Gasteiger partial charge is 0.248 e. The van der Waals surface area contributed by atoms with Crippen molar-refractivity contribution in [2.24, 2.45) is 0 Å². The second kappa shape index (κ2) is 6.33. The van der Waals surface area contributed by atoms with E-state index >= 15 is 0 Å². The van der Waals surface area contributed by atoms with Crippen molar-refractivity contribution in [3.8, 4) is 0 Å². The summed E-state index contributed by atoms with van der Waals surface area (Å²) in [6.07, 6.45) is 0.575. The Labute approximate surface area is 128 Å². The molecule has 118 valence electrons. The van der Waals surface area contributed by atoms with Gasteiger partial charge in [-0.1, -0.05) is 5.16 Å². The monoisotopic (exact) mass is 335 g/mol. The SMILES string of the molecule is Cc1noc(C)c1S(=O)(=O)N1CCCN(C(=O)CCl)CC1. The lowest BCUT2D eigenvalue weighted by atomic mass is 10.4. The van der Waals surface area contributed by atoms with Gasteiger partial charge in [-0.25, -0.2) is 8.42 Å². The van der Waals surface area contributed by atoms with Crippen LogP contribution >= 0.6 is 11.6 Å². The van der Waals surface area contributed by atoms with Crippen LogP contribution in [0.25, 0.3) is 0 Å². The molecule has 0 atom stereocenters. The quantitative estimate of drug-likeness (QED) is 0.761. The topological polar surface area (TPSA) is 83.7 Å². The van der Waals surface area contributed by atoms with Crippen molar-refractivity contribution in [3.63, 3.8) is 0 Å². The van der Waals surface area contributed by atoms with Crippen molar-refractivity contribution in [3.05, 3.63) is 11.5 Å². The molecule has 21 heavy (non-hydrogen) atoms. The van der Waals surface area contributed by atoms with Crippen LogP contribution in [-0.4, -0.2) is 60.7 Å². The Kier molecular flexibility index (Phi) is 4.90. The summed E-state index contributed by atoms with van der Waals surface area (Å²) in [7, 11) is -3.65. The Morgan fingerprint density at radius 1 is 1.29 bits per heavy atom. The molecule has 1 saturated heterocycles. The van der Waals surface area contributed by atoms with Crippen molar-refractivity contribution in [2.45, 2.75) is 25.2 Å². The summed E-state index contributed by atoms with van der Waals surface area (Å²) in [5.74, 6) is 0.0232. The van der Waals surface area contributed by atoms with E-state index in [4.69, 9.17) is 16.1 Å². The number of hydrogen-bond donors (Lipinski definition) is 0. The van der Waals surface area contributed by atoms with E-state index in [2.05, 4.69) is 5.16 Å². The van der Waals surface area contributed by atoms with E-state index in [-0.39, 0.29) is 29.0 Å². The predicted octanol–water partition coefficient (Wildman–Crippen LogP) is 0.753. The molecule has 0 radical (unpaired) electrons. The summed E-state index contributed by atoms with van der Waals surface area (Å²) < 4.78 is 31.7. The average Bonchev–Trinajstić information content (AvgIpc) is 2.68. The molecule has 1 fully saturated rings. The van der Waals surface area contributed by atoms with Crippen LogP contribution in [0.3, 0.4) is 0 Å². The number of amides is 1. The van der Waals surface area contributed by atoms with Gasteiger partial charge in [-0.15, -0.1) is 11.6 Å². The number of nitrogens with zero attached hydrogens (tertiary/aromatic N) is 3. The Bertz CT molecular complexity index is 609. The summed E-state index contributed by atoms with van der Waals surface area (Å²) in [5.41, 5.74) is 0.352. The van der Waals surface area contributed by atoms with Gasteiger partial charge in [0, 0.05) is 26.2 Å². The van der Waals surface area contributed by atoms with Gasteiger partial charge in [0.15, 0.2) is 5.76 Å². The van der Waals surface area contributed by atoms with E-state index in [1.807, 2.05) is 0 Å². The summed E-state index contributed by atoms with van der Waals surface area (Å²) >= 11 is 5.54. The summed E-state index contributed by atoms with van der Waals surface area (Å²) in [6.45, 7) is 4.64. The molecule has 1 aliphatic heterocycles. The number of carbonyl (C=O) groups excluding carboxylic acids is 1. The van der Waals surface area contributed by atoms with E-state index < -0.39 is 10.0 Å². The third kappa shape index (κ3) is 3.22. The van der Waals surface area contributed by atoms with Gasteiger partial charge in [0.05, 0.1) is 0 Å². The number of aromatic nitrogens is 1. The van der Waals surface area contributed by atoms with Gasteiger partial charge >= 0.3 is 0 Å². The first kappa shape index (κ1) is 16.3. The van der Waals surface area contributed by atoms with Crippen LogP contribution in [0.4, 0.5) is 0 Å². The van der Waals surface area contributed by atoms with Gasteiger partial charge in [-0.3, -0.25) is 4.79 Å². The highest BCUT2D eigenvalue weighted by atomic mass is 35.5. The van der Waals surface area contributed by atoms with Crippen molar-refractivity contribution in [1.29, 1.82) is 0 Å². The first-order chi connectivity index (χ1) is 9.87. The molecule has 9 heteroatoms. The Balaban J connectivity index is 2.21. The molecule has 0 aromatic carbocycles. The van der Waals surface area contributed by atoms with Crippen molar-refractivity contribution in [1.82, 2.24) is 14.4 Å². The molecule has 0 spiro atoms. The third-order valence-electron chi connectivity index (χ3n) is 3.49. The van der Waals surface area contributed by atoms with Crippen molar-refractivity contribution < 1.29 is 17.7 Å². The normalized spacial score (nSPS) is 17.8. The molecular formula is C12H18ClN3O4S. The molecule has 0 N–H and O–H groups in total. The van der Waals surface area contributed by atoms with Crippen LogP contribution in [-0.2, 0) is 14.8 Å². The van der Waals surface area contributed by atoms with Gasteiger partial charge < -0.3 is 9.42 Å². The summed E-state index contributed by atoms with van der Waals surface area (Å²) in [6, 6.07) is 0. The zero-order valence-corrected chi connectivity index (χ0v) is 13.6. The third-order valence-corrected chi connectivity index (χ3v) is 5.86. The second-order valence-electron chi connectivity index (χ2n) is 4.93.